The standard InChI is InChI=1S/C16H23ClF2N2O3/c1-10(8-21-15(22)24-16(2,3)4)20-9-11-7-12(17)5-6-13(11)23-14(18)19/h5-7,10,14,20H,8-9H2,1-4H3,(H,21,22). The maximum absolute atomic E-state index is 12.4. The molecule has 0 heterocycles. The van der Waals surface area contributed by atoms with Crippen molar-refractivity contribution in [1.82, 2.24) is 10.6 Å². The highest BCUT2D eigenvalue weighted by Gasteiger charge is 2.16. The first kappa shape index (κ1) is 20.4. The molecule has 2 N–H and O–H groups in total. The zero-order valence-corrected chi connectivity index (χ0v) is 14.9. The Kier molecular flexibility index (Phi) is 7.69. The first-order valence-electron chi connectivity index (χ1n) is 7.50. The van der Waals surface area contributed by atoms with E-state index in [9.17, 15) is 13.6 Å². The van der Waals surface area contributed by atoms with Crippen LogP contribution in [0.3, 0.4) is 0 Å². The molecule has 0 radical (unpaired) electrons. The molecule has 0 aliphatic rings. The second-order valence-corrected chi connectivity index (χ2v) is 6.73. The van der Waals surface area contributed by atoms with E-state index in [0.717, 1.165) is 0 Å². The van der Waals surface area contributed by atoms with Gasteiger partial charge in [-0.15, -0.1) is 0 Å². The Bertz CT molecular complexity index is 551. The predicted octanol–water partition coefficient (Wildman–Crippen LogP) is 3.94. The van der Waals surface area contributed by atoms with Crippen LogP contribution in [0.4, 0.5) is 13.6 Å². The molecule has 0 bridgehead atoms. The largest absolute Gasteiger partial charge is 0.444 e. The van der Waals surface area contributed by atoms with E-state index in [0.29, 0.717) is 17.1 Å². The van der Waals surface area contributed by atoms with E-state index in [1.165, 1.54) is 12.1 Å². The average molecular weight is 365 g/mol. The molecule has 1 atom stereocenters. The lowest BCUT2D eigenvalue weighted by Gasteiger charge is -2.21. The number of alkyl halides is 2. The lowest BCUT2D eigenvalue weighted by molar-refractivity contribution is -0.0505. The minimum atomic E-state index is -2.91. The number of ether oxygens (including phenoxy) is 2. The number of hydrogen-bond donors (Lipinski definition) is 2. The maximum atomic E-state index is 12.4. The summed E-state index contributed by atoms with van der Waals surface area (Å²) in [5.74, 6) is 0.0641. The number of rotatable bonds is 7. The number of carbonyl (C=O) groups is 1. The van der Waals surface area contributed by atoms with Gasteiger partial charge in [0.25, 0.3) is 0 Å². The quantitative estimate of drug-likeness (QED) is 0.769. The zero-order chi connectivity index (χ0) is 18.3. The molecule has 1 unspecified atom stereocenters. The summed E-state index contributed by atoms with van der Waals surface area (Å²) in [6.07, 6.45) is -0.513. The van der Waals surface area contributed by atoms with Gasteiger partial charge in [0.05, 0.1) is 0 Å². The zero-order valence-electron chi connectivity index (χ0n) is 14.2. The van der Waals surface area contributed by atoms with Crippen LogP contribution in [0.1, 0.15) is 33.3 Å². The molecular formula is C16H23ClF2N2O3. The summed E-state index contributed by atoms with van der Waals surface area (Å²) in [5, 5.41) is 6.16. The fraction of sp³-hybridized carbons (Fsp3) is 0.562. The Morgan fingerprint density at radius 3 is 2.58 bits per heavy atom. The van der Waals surface area contributed by atoms with E-state index in [1.807, 2.05) is 6.92 Å². The summed E-state index contributed by atoms with van der Waals surface area (Å²) in [7, 11) is 0. The molecule has 0 fully saturated rings. The van der Waals surface area contributed by atoms with Crippen molar-refractivity contribution in [2.45, 2.75) is 52.5 Å². The van der Waals surface area contributed by atoms with Crippen molar-refractivity contribution in [2.75, 3.05) is 6.54 Å². The summed E-state index contributed by atoms with van der Waals surface area (Å²) in [4.78, 5) is 11.6. The summed E-state index contributed by atoms with van der Waals surface area (Å²) in [6, 6.07) is 4.32. The van der Waals surface area contributed by atoms with Crippen LogP contribution in [-0.4, -0.2) is 30.9 Å². The van der Waals surface area contributed by atoms with Crippen LogP contribution < -0.4 is 15.4 Å². The predicted molar refractivity (Wildman–Crippen MR) is 88.6 cm³/mol. The van der Waals surface area contributed by atoms with Crippen LogP contribution in [0, 0.1) is 0 Å². The van der Waals surface area contributed by atoms with Gasteiger partial charge in [-0.1, -0.05) is 11.6 Å². The summed E-state index contributed by atoms with van der Waals surface area (Å²) in [6.45, 7) is 4.85. The molecule has 1 aromatic rings. The highest BCUT2D eigenvalue weighted by atomic mass is 35.5. The third-order valence-electron chi connectivity index (χ3n) is 2.83. The van der Waals surface area contributed by atoms with Crippen molar-refractivity contribution >= 4 is 17.7 Å². The molecule has 0 saturated heterocycles. The summed E-state index contributed by atoms with van der Waals surface area (Å²) >= 11 is 5.89. The molecule has 8 heteroatoms. The monoisotopic (exact) mass is 364 g/mol. The van der Waals surface area contributed by atoms with Crippen LogP contribution in [0.5, 0.6) is 5.75 Å². The number of hydrogen-bond acceptors (Lipinski definition) is 4. The van der Waals surface area contributed by atoms with E-state index >= 15 is 0 Å². The highest BCUT2D eigenvalue weighted by molar-refractivity contribution is 6.30. The topological polar surface area (TPSA) is 59.6 Å². The van der Waals surface area contributed by atoms with Crippen molar-refractivity contribution < 1.29 is 23.0 Å². The van der Waals surface area contributed by atoms with Crippen LogP contribution in [0.25, 0.3) is 0 Å². The number of carbonyl (C=O) groups excluding carboxylic acids is 1. The molecule has 24 heavy (non-hydrogen) atoms. The first-order valence-corrected chi connectivity index (χ1v) is 7.88. The number of halogens is 3. The number of alkyl carbamates (subject to hydrolysis) is 1. The minimum absolute atomic E-state index is 0.0641. The molecule has 136 valence electrons. The van der Waals surface area contributed by atoms with Crippen molar-refractivity contribution in [1.29, 1.82) is 0 Å². The molecule has 0 aromatic heterocycles. The third-order valence-corrected chi connectivity index (χ3v) is 3.07. The van der Waals surface area contributed by atoms with Gasteiger partial charge in [-0.25, -0.2) is 4.79 Å². The average Bonchev–Trinajstić information content (AvgIpc) is 2.43. The van der Waals surface area contributed by atoms with E-state index in [4.69, 9.17) is 16.3 Å². The second kappa shape index (κ2) is 9.03. The fourth-order valence-corrected chi connectivity index (χ4v) is 2.00. The lowest BCUT2D eigenvalue weighted by Crippen LogP contribution is -2.41. The van der Waals surface area contributed by atoms with Gasteiger partial charge in [-0.05, 0) is 45.9 Å². The molecule has 0 spiro atoms. The molecule has 1 rings (SSSR count). The second-order valence-electron chi connectivity index (χ2n) is 6.30. The molecule has 0 aliphatic carbocycles. The van der Waals surface area contributed by atoms with E-state index in [-0.39, 0.29) is 18.3 Å². The van der Waals surface area contributed by atoms with Gasteiger partial charge in [0.1, 0.15) is 11.4 Å². The van der Waals surface area contributed by atoms with Crippen molar-refractivity contribution in [3.05, 3.63) is 28.8 Å². The molecule has 1 aromatic carbocycles. The van der Waals surface area contributed by atoms with Gasteiger partial charge in [0, 0.05) is 29.7 Å². The van der Waals surface area contributed by atoms with Crippen molar-refractivity contribution in [3.8, 4) is 5.75 Å². The Labute approximate surface area is 145 Å². The molecule has 1 amide bonds. The Hall–Kier alpha value is -1.60. The number of amides is 1. The normalized spacial score (nSPS) is 12.8. The maximum Gasteiger partial charge on any atom is 0.407 e. The van der Waals surface area contributed by atoms with Gasteiger partial charge < -0.3 is 20.1 Å². The Morgan fingerprint density at radius 2 is 2.00 bits per heavy atom. The Balaban J connectivity index is 2.50. The molecule has 0 saturated carbocycles. The number of nitrogens with one attached hydrogen (secondary N) is 2. The summed E-state index contributed by atoms with van der Waals surface area (Å²) < 4.78 is 34.4. The van der Waals surface area contributed by atoms with Crippen LogP contribution >= 0.6 is 11.6 Å². The number of benzene rings is 1. The molecule has 0 aliphatic heterocycles. The van der Waals surface area contributed by atoms with Crippen molar-refractivity contribution in [3.63, 3.8) is 0 Å². The smallest absolute Gasteiger partial charge is 0.407 e. The van der Waals surface area contributed by atoms with E-state index in [2.05, 4.69) is 15.4 Å². The lowest BCUT2D eigenvalue weighted by atomic mass is 10.2. The SMILES string of the molecule is CC(CNC(=O)OC(C)(C)C)NCc1cc(Cl)ccc1OC(F)F. The summed E-state index contributed by atoms with van der Waals surface area (Å²) in [5.41, 5.74) is -0.0600. The van der Waals surface area contributed by atoms with Gasteiger partial charge in [0.15, 0.2) is 0 Å². The van der Waals surface area contributed by atoms with Crippen LogP contribution in [0.15, 0.2) is 18.2 Å². The molecule has 5 nitrogen and oxygen atoms in total. The van der Waals surface area contributed by atoms with E-state index < -0.39 is 18.3 Å². The van der Waals surface area contributed by atoms with Crippen molar-refractivity contribution in [2.24, 2.45) is 0 Å². The fourth-order valence-electron chi connectivity index (χ4n) is 1.80. The third kappa shape index (κ3) is 8.31. The van der Waals surface area contributed by atoms with Gasteiger partial charge >= 0.3 is 12.7 Å². The van der Waals surface area contributed by atoms with Crippen LogP contribution in [-0.2, 0) is 11.3 Å². The van der Waals surface area contributed by atoms with Gasteiger partial charge in [0.2, 0.25) is 0 Å². The van der Waals surface area contributed by atoms with Crippen LogP contribution in [0.2, 0.25) is 5.02 Å². The minimum Gasteiger partial charge on any atom is -0.444 e. The first-order chi connectivity index (χ1) is 11.1. The van der Waals surface area contributed by atoms with Gasteiger partial charge in [-0.2, -0.15) is 8.78 Å². The van der Waals surface area contributed by atoms with E-state index in [1.54, 1.807) is 26.8 Å². The highest BCUT2D eigenvalue weighted by Crippen LogP contribution is 2.24. The van der Waals surface area contributed by atoms with Gasteiger partial charge in [-0.3, -0.25) is 0 Å². The molecular weight excluding hydrogens is 342 g/mol. The Morgan fingerprint density at radius 1 is 1.33 bits per heavy atom.